The van der Waals surface area contributed by atoms with E-state index in [2.05, 4.69) is 18.8 Å². The quantitative estimate of drug-likeness (QED) is 0.447. The minimum Gasteiger partial charge on any atom is -0.339 e. The number of hydrogen-bond acceptors (Lipinski definition) is 3. The molecule has 1 fully saturated rings. The molecule has 0 radical (unpaired) electrons. The summed E-state index contributed by atoms with van der Waals surface area (Å²) in [6, 6.07) is 8.89. The van der Waals surface area contributed by atoms with Crippen LogP contribution >= 0.6 is 0 Å². The Kier molecular flexibility index (Phi) is 5.41. The van der Waals surface area contributed by atoms with E-state index in [1.54, 1.807) is 16.7 Å². The van der Waals surface area contributed by atoms with Crippen molar-refractivity contribution in [3.05, 3.63) is 54.1 Å². The molecular weight excluding hydrogens is 405 g/mol. The molecule has 0 saturated carbocycles. The zero-order valence-corrected chi connectivity index (χ0v) is 18.6. The molecule has 1 aliphatic heterocycles. The largest absolute Gasteiger partial charge is 0.339 e. The third-order valence-corrected chi connectivity index (χ3v) is 6.14. The number of amides is 1. The lowest BCUT2D eigenvalue weighted by Crippen LogP contribution is -2.31. The van der Waals surface area contributed by atoms with Crippen LogP contribution in [-0.2, 0) is 6.54 Å². The molecule has 4 heterocycles. The second-order valence-corrected chi connectivity index (χ2v) is 9.08. The molecule has 1 amide bonds. The van der Waals surface area contributed by atoms with Crippen LogP contribution in [0.15, 0.2) is 42.7 Å². The number of aromatic nitrogens is 4. The molecule has 0 spiro atoms. The lowest BCUT2D eigenvalue weighted by atomic mass is 10.1. The van der Waals surface area contributed by atoms with Crippen LogP contribution in [-0.4, -0.2) is 43.1 Å². The first kappa shape index (κ1) is 20.7. The normalized spacial score (nSPS) is 15.1. The second-order valence-electron chi connectivity index (χ2n) is 9.08. The number of carbonyl (C=O) groups excluding carboxylic acids is 1. The van der Waals surface area contributed by atoms with Crippen molar-refractivity contribution in [2.24, 2.45) is 5.92 Å². The van der Waals surface area contributed by atoms with Crippen molar-refractivity contribution in [2.45, 2.75) is 46.1 Å². The van der Waals surface area contributed by atoms with Crippen LogP contribution in [0.2, 0.25) is 0 Å². The number of halogens is 1. The Morgan fingerprint density at radius 3 is 2.62 bits per heavy atom. The summed E-state index contributed by atoms with van der Waals surface area (Å²) in [6.45, 7) is 6.65. The summed E-state index contributed by atoms with van der Waals surface area (Å²) in [5, 5.41) is 5.82. The highest BCUT2D eigenvalue weighted by Gasteiger charge is 2.21. The fraction of sp³-hybridized carbons (Fsp3) is 0.400. The van der Waals surface area contributed by atoms with Gasteiger partial charge in [-0.2, -0.15) is 5.10 Å². The number of likely N-dealkylation sites (tertiary alicyclic amines) is 1. The molecule has 0 unspecified atom stereocenters. The summed E-state index contributed by atoms with van der Waals surface area (Å²) >= 11 is 0. The highest BCUT2D eigenvalue weighted by molar-refractivity contribution is 6.01. The molecule has 32 heavy (non-hydrogen) atoms. The zero-order chi connectivity index (χ0) is 22.2. The first-order chi connectivity index (χ1) is 15.5. The zero-order valence-electron chi connectivity index (χ0n) is 18.6. The van der Waals surface area contributed by atoms with E-state index in [1.807, 2.05) is 27.8 Å². The molecule has 1 aliphatic rings. The van der Waals surface area contributed by atoms with E-state index < -0.39 is 0 Å². The minimum atomic E-state index is -0.326. The Balaban J connectivity index is 1.62. The number of hydrogen-bond donors (Lipinski definition) is 0. The van der Waals surface area contributed by atoms with Gasteiger partial charge < -0.3 is 4.90 Å². The van der Waals surface area contributed by atoms with Crippen LogP contribution in [0.3, 0.4) is 0 Å². The molecule has 4 aromatic rings. The van der Waals surface area contributed by atoms with Crippen molar-refractivity contribution >= 4 is 22.5 Å². The lowest BCUT2D eigenvalue weighted by molar-refractivity contribution is 0.0762. The maximum absolute atomic E-state index is 13.9. The van der Waals surface area contributed by atoms with E-state index in [1.165, 1.54) is 25.1 Å². The molecule has 0 bridgehead atoms. The molecule has 1 saturated heterocycles. The van der Waals surface area contributed by atoms with Gasteiger partial charge in [0.2, 0.25) is 0 Å². The van der Waals surface area contributed by atoms with Gasteiger partial charge in [0.1, 0.15) is 17.2 Å². The third-order valence-electron chi connectivity index (χ3n) is 6.14. The summed E-state index contributed by atoms with van der Waals surface area (Å²) < 4.78 is 17.6. The smallest absolute Gasteiger partial charge is 0.253 e. The summed E-state index contributed by atoms with van der Waals surface area (Å²) in [5.41, 5.74) is 3.76. The topological polar surface area (TPSA) is 55.4 Å². The van der Waals surface area contributed by atoms with Gasteiger partial charge in [-0.3, -0.25) is 13.9 Å². The van der Waals surface area contributed by atoms with Crippen molar-refractivity contribution in [1.29, 1.82) is 0 Å². The Labute approximate surface area is 186 Å². The average molecular weight is 434 g/mol. The second kappa shape index (κ2) is 8.37. The highest BCUT2D eigenvalue weighted by atomic mass is 19.1. The van der Waals surface area contributed by atoms with Gasteiger partial charge in [0.05, 0.1) is 17.4 Å². The van der Waals surface area contributed by atoms with Gasteiger partial charge in [-0.15, -0.1) is 0 Å². The van der Waals surface area contributed by atoms with Crippen LogP contribution < -0.4 is 0 Å². The number of pyridine rings is 1. The predicted octanol–water partition coefficient (Wildman–Crippen LogP) is 5.16. The highest BCUT2D eigenvalue weighted by Crippen LogP contribution is 2.30. The third kappa shape index (κ3) is 3.76. The first-order valence-corrected chi connectivity index (χ1v) is 11.4. The Morgan fingerprint density at radius 2 is 1.88 bits per heavy atom. The van der Waals surface area contributed by atoms with Crippen LogP contribution in [0, 0.1) is 11.7 Å². The standard InChI is InChI=1S/C25H28FN5O/c1-17(2)15-31-21-13-18(25(32)29-11-5-3-4-6-12-29)7-9-20(21)24(28-31)22-14-27-23-10-8-19(26)16-30(22)23/h7-10,13-14,16-17H,3-6,11-12,15H2,1-2H3. The summed E-state index contributed by atoms with van der Waals surface area (Å²) in [6.07, 6.45) is 7.66. The minimum absolute atomic E-state index is 0.0875. The van der Waals surface area contributed by atoms with Crippen LogP contribution in [0.25, 0.3) is 27.9 Å². The number of nitrogens with zero attached hydrogens (tertiary/aromatic N) is 5. The van der Waals surface area contributed by atoms with E-state index in [0.717, 1.165) is 54.8 Å². The Hall–Kier alpha value is -3.22. The summed E-state index contributed by atoms with van der Waals surface area (Å²) in [4.78, 5) is 19.6. The molecule has 0 atom stereocenters. The van der Waals surface area contributed by atoms with Gasteiger partial charge in [-0.1, -0.05) is 26.7 Å². The summed E-state index contributed by atoms with van der Waals surface area (Å²) in [7, 11) is 0. The van der Waals surface area contributed by atoms with Crippen LogP contribution in [0.1, 0.15) is 49.9 Å². The van der Waals surface area contributed by atoms with Crippen LogP contribution in [0.4, 0.5) is 4.39 Å². The number of rotatable bonds is 4. The predicted molar refractivity (Wildman–Crippen MR) is 123 cm³/mol. The molecule has 5 rings (SSSR count). The van der Waals surface area contributed by atoms with E-state index in [4.69, 9.17) is 5.10 Å². The molecular formula is C25H28FN5O. The van der Waals surface area contributed by atoms with E-state index in [0.29, 0.717) is 17.1 Å². The average Bonchev–Trinajstić information content (AvgIpc) is 3.21. The van der Waals surface area contributed by atoms with Gasteiger partial charge in [-0.25, -0.2) is 9.37 Å². The molecule has 0 aliphatic carbocycles. The van der Waals surface area contributed by atoms with Gasteiger partial charge in [0.15, 0.2) is 0 Å². The van der Waals surface area contributed by atoms with Gasteiger partial charge >= 0.3 is 0 Å². The SMILES string of the molecule is CC(C)Cn1nc(-c2cnc3ccc(F)cn23)c2ccc(C(=O)N3CCCCCC3)cc21. The maximum Gasteiger partial charge on any atom is 0.253 e. The number of carbonyl (C=O) groups is 1. The lowest BCUT2D eigenvalue weighted by Gasteiger charge is -2.20. The Morgan fingerprint density at radius 1 is 1.09 bits per heavy atom. The molecule has 1 aromatic carbocycles. The van der Waals surface area contributed by atoms with E-state index in [-0.39, 0.29) is 11.7 Å². The number of benzene rings is 1. The van der Waals surface area contributed by atoms with Crippen molar-refractivity contribution in [3.8, 4) is 11.4 Å². The maximum atomic E-state index is 13.9. The van der Waals surface area contributed by atoms with Crippen molar-refractivity contribution < 1.29 is 9.18 Å². The molecule has 3 aromatic heterocycles. The molecule has 7 heteroatoms. The van der Waals surface area contributed by atoms with E-state index >= 15 is 0 Å². The molecule has 6 nitrogen and oxygen atoms in total. The fourth-order valence-electron chi connectivity index (χ4n) is 4.57. The fourth-order valence-corrected chi connectivity index (χ4v) is 4.57. The van der Waals surface area contributed by atoms with Crippen molar-refractivity contribution in [2.75, 3.05) is 13.1 Å². The van der Waals surface area contributed by atoms with Gasteiger partial charge in [0.25, 0.3) is 5.91 Å². The monoisotopic (exact) mass is 433 g/mol. The summed E-state index contributed by atoms with van der Waals surface area (Å²) in [5.74, 6) is 0.146. The first-order valence-electron chi connectivity index (χ1n) is 11.4. The number of imidazole rings is 1. The Bertz CT molecular complexity index is 1280. The molecule has 0 N–H and O–H groups in total. The van der Waals surface area contributed by atoms with Crippen molar-refractivity contribution in [1.82, 2.24) is 24.1 Å². The number of fused-ring (bicyclic) bond motifs is 2. The molecule has 166 valence electrons. The van der Waals surface area contributed by atoms with E-state index in [9.17, 15) is 9.18 Å². The van der Waals surface area contributed by atoms with Gasteiger partial charge in [0, 0.05) is 36.8 Å². The van der Waals surface area contributed by atoms with Crippen molar-refractivity contribution in [3.63, 3.8) is 0 Å². The van der Waals surface area contributed by atoms with Crippen LogP contribution in [0.5, 0.6) is 0 Å². The van der Waals surface area contributed by atoms with Gasteiger partial charge in [-0.05, 0) is 49.1 Å².